The summed E-state index contributed by atoms with van der Waals surface area (Å²) < 4.78 is 0. The van der Waals surface area contributed by atoms with Crippen LogP contribution in [0.4, 0.5) is 5.69 Å². The Labute approximate surface area is 172 Å². The first kappa shape index (κ1) is 18.5. The Bertz CT molecular complexity index is 1190. The van der Waals surface area contributed by atoms with Crippen LogP contribution in [0, 0.1) is 6.92 Å². The molecule has 4 rings (SSSR count). The standard InChI is InChI=1S/C23H16Cl2N2O/c1-14-21(23(28)26-16-11-12-18(24)19(25)13-16)17-9-5-6-10-20(17)27-22(14)15-7-3-2-4-8-15/h2-13H,1H3,(H,26,28). The number of hydrogen-bond donors (Lipinski definition) is 1. The largest absolute Gasteiger partial charge is 0.322 e. The van der Waals surface area contributed by atoms with Crippen molar-refractivity contribution >= 4 is 45.7 Å². The van der Waals surface area contributed by atoms with E-state index in [-0.39, 0.29) is 5.91 Å². The van der Waals surface area contributed by atoms with Gasteiger partial charge in [0.1, 0.15) is 0 Å². The first-order valence-electron chi connectivity index (χ1n) is 8.76. The van der Waals surface area contributed by atoms with E-state index in [1.807, 2.05) is 61.5 Å². The summed E-state index contributed by atoms with van der Waals surface area (Å²) in [5, 5.41) is 4.56. The SMILES string of the molecule is Cc1c(-c2ccccc2)nc2ccccc2c1C(=O)Nc1ccc(Cl)c(Cl)c1. The van der Waals surface area contributed by atoms with Crippen LogP contribution in [0.15, 0.2) is 72.8 Å². The van der Waals surface area contributed by atoms with Crippen molar-refractivity contribution in [3.8, 4) is 11.3 Å². The second kappa shape index (κ2) is 7.63. The van der Waals surface area contributed by atoms with Gasteiger partial charge in [0.05, 0.1) is 26.8 Å². The highest BCUT2D eigenvalue weighted by Gasteiger charge is 2.19. The van der Waals surface area contributed by atoms with Gasteiger partial charge in [0.15, 0.2) is 0 Å². The maximum atomic E-state index is 13.2. The molecular formula is C23H16Cl2N2O. The van der Waals surface area contributed by atoms with E-state index in [1.165, 1.54) is 0 Å². The van der Waals surface area contributed by atoms with Crippen molar-refractivity contribution < 1.29 is 4.79 Å². The summed E-state index contributed by atoms with van der Waals surface area (Å²) in [6, 6.07) is 22.5. The molecule has 1 amide bonds. The summed E-state index contributed by atoms with van der Waals surface area (Å²) in [5.74, 6) is -0.216. The van der Waals surface area contributed by atoms with Crippen LogP contribution in [-0.4, -0.2) is 10.9 Å². The van der Waals surface area contributed by atoms with Crippen molar-refractivity contribution in [2.45, 2.75) is 6.92 Å². The van der Waals surface area contributed by atoms with Gasteiger partial charge in [-0.15, -0.1) is 0 Å². The number of benzene rings is 3. The fourth-order valence-electron chi connectivity index (χ4n) is 3.24. The van der Waals surface area contributed by atoms with E-state index in [9.17, 15) is 4.79 Å². The minimum absolute atomic E-state index is 0.216. The molecule has 0 fully saturated rings. The topological polar surface area (TPSA) is 42.0 Å². The van der Waals surface area contributed by atoms with E-state index in [0.717, 1.165) is 27.7 Å². The molecule has 0 saturated heterocycles. The molecule has 4 aromatic rings. The first-order chi connectivity index (χ1) is 13.5. The number of hydrogen-bond acceptors (Lipinski definition) is 2. The number of halogens is 2. The predicted molar refractivity (Wildman–Crippen MR) is 116 cm³/mol. The number of carbonyl (C=O) groups is 1. The average Bonchev–Trinajstić information content (AvgIpc) is 2.71. The quantitative estimate of drug-likeness (QED) is 0.407. The Kier molecular flexibility index (Phi) is 5.03. The molecule has 1 aromatic heterocycles. The van der Waals surface area contributed by atoms with Crippen LogP contribution in [0.25, 0.3) is 22.2 Å². The Morgan fingerprint density at radius 2 is 1.61 bits per heavy atom. The van der Waals surface area contributed by atoms with Gasteiger partial charge in [0, 0.05) is 16.6 Å². The molecule has 0 atom stereocenters. The number of anilines is 1. The van der Waals surface area contributed by atoms with E-state index in [2.05, 4.69) is 5.32 Å². The van der Waals surface area contributed by atoms with Crippen LogP contribution in [0.2, 0.25) is 10.0 Å². The zero-order chi connectivity index (χ0) is 19.7. The van der Waals surface area contributed by atoms with Gasteiger partial charge in [-0.2, -0.15) is 0 Å². The highest BCUT2D eigenvalue weighted by molar-refractivity contribution is 6.42. The first-order valence-corrected chi connectivity index (χ1v) is 9.51. The lowest BCUT2D eigenvalue weighted by molar-refractivity contribution is 0.102. The molecule has 0 radical (unpaired) electrons. The predicted octanol–water partition coefficient (Wildman–Crippen LogP) is 6.77. The van der Waals surface area contributed by atoms with Crippen molar-refractivity contribution in [1.82, 2.24) is 4.98 Å². The summed E-state index contributed by atoms with van der Waals surface area (Å²) in [4.78, 5) is 18.0. The van der Waals surface area contributed by atoms with E-state index < -0.39 is 0 Å². The number of carbonyl (C=O) groups excluding carboxylic acids is 1. The van der Waals surface area contributed by atoms with Crippen molar-refractivity contribution in [2.24, 2.45) is 0 Å². The Morgan fingerprint density at radius 3 is 2.36 bits per heavy atom. The summed E-state index contributed by atoms with van der Waals surface area (Å²) in [5.41, 5.74) is 4.53. The van der Waals surface area contributed by atoms with Crippen molar-refractivity contribution in [2.75, 3.05) is 5.32 Å². The molecule has 0 aliphatic carbocycles. The number of nitrogens with zero attached hydrogens (tertiary/aromatic N) is 1. The van der Waals surface area contributed by atoms with Crippen molar-refractivity contribution in [1.29, 1.82) is 0 Å². The molecule has 28 heavy (non-hydrogen) atoms. The number of aromatic nitrogens is 1. The van der Waals surface area contributed by atoms with Gasteiger partial charge in [0.25, 0.3) is 5.91 Å². The third-order valence-electron chi connectivity index (χ3n) is 4.59. The van der Waals surface area contributed by atoms with Gasteiger partial charge in [-0.3, -0.25) is 4.79 Å². The van der Waals surface area contributed by atoms with E-state index in [1.54, 1.807) is 18.2 Å². The lowest BCUT2D eigenvalue weighted by Gasteiger charge is -2.15. The monoisotopic (exact) mass is 406 g/mol. The third kappa shape index (κ3) is 3.47. The minimum Gasteiger partial charge on any atom is -0.322 e. The second-order valence-corrected chi connectivity index (χ2v) is 7.24. The fourth-order valence-corrected chi connectivity index (χ4v) is 3.54. The zero-order valence-electron chi connectivity index (χ0n) is 15.0. The van der Waals surface area contributed by atoms with Crippen molar-refractivity contribution in [3.63, 3.8) is 0 Å². The van der Waals surface area contributed by atoms with E-state index in [4.69, 9.17) is 28.2 Å². The van der Waals surface area contributed by atoms with Gasteiger partial charge in [-0.25, -0.2) is 4.98 Å². The molecule has 1 heterocycles. The smallest absolute Gasteiger partial charge is 0.256 e. The molecule has 0 aliphatic heterocycles. The summed E-state index contributed by atoms with van der Waals surface area (Å²) in [7, 11) is 0. The van der Waals surface area contributed by atoms with Crippen LogP contribution in [-0.2, 0) is 0 Å². The molecule has 138 valence electrons. The molecule has 3 aromatic carbocycles. The maximum absolute atomic E-state index is 13.2. The molecule has 0 aliphatic rings. The normalized spacial score (nSPS) is 10.8. The highest BCUT2D eigenvalue weighted by Crippen LogP contribution is 2.31. The molecule has 0 bridgehead atoms. The number of amides is 1. The third-order valence-corrected chi connectivity index (χ3v) is 5.33. The molecule has 5 heteroatoms. The molecule has 3 nitrogen and oxygen atoms in total. The molecule has 0 unspecified atom stereocenters. The minimum atomic E-state index is -0.216. The molecule has 0 spiro atoms. The van der Waals surface area contributed by atoms with Crippen LogP contribution in [0.5, 0.6) is 0 Å². The Hall–Kier alpha value is -2.88. The van der Waals surface area contributed by atoms with Gasteiger partial charge in [-0.05, 0) is 36.8 Å². The second-order valence-electron chi connectivity index (χ2n) is 6.43. The van der Waals surface area contributed by atoms with Gasteiger partial charge in [0.2, 0.25) is 0 Å². The van der Waals surface area contributed by atoms with Gasteiger partial charge < -0.3 is 5.32 Å². The summed E-state index contributed by atoms with van der Waals surface area (Å²) in [6.07, 6.45) is 0. The van der Waals surface area contributed by atoms with Crippen LogP contribution < -0.4 is 5.32 Å². The number of pyridine rings is 1. The summed E-state index contributed by atoms with van der Waals surface area (Å²) >= 11 is 12.1. The Balaban J connectivity index is 1.86. The number of nitrogens with one attached hydrogen (secondary N) is 1. The molecule has 1 N–H and O–H groups in total. The lowest BCUT2D eigenvalue weighted by Crippen LogP contribution is -2.15. The van der Waals surface area contributed by atoms with Crippen LogP contribution in [0.1, 0.15) is 15.9 Å². The lowest BCUT2D eigenvalue weighted by atomic mass is 9.97. The number of fused-ring (bicyclic) bond motifs is 1. The highest BCUT2D eigenvalue weighted by atomic mass is 35.5. The van der Waals surface area contributed by atoms with Crippen molar-refractivity contribution in [3.05, 3.63) is 94.0 Å². The van der Waals surface area contributed by atoms with Crippen LogP contribution >= 0.6 is 23.2 Å². The number of para-hydroxylation sites is 1. The van der Waals surface area contributed by atoms with Gasteiger partial charge in [-0.1, -0.05) is 71.7 Å². The summed E-state index contributed by atoms with van der Waals surface area (Å²) in [6.45, 7) is 1.92. The Morgan fingerprint density at radius 1 is 0.893 bits per heavy atom. The molecular weight excluding hydrogens is 391 g/mol. The maximum Gasteiger partial charge on any atom is 0.256 e. The zero-order valence-corrected chi connectivity index (χ0v) is 16.6. The van der Waals surface area contributed by atoms with E-state index >= 15 is 0 Å². The van der Waals surface area contributed by atoms with E-state index in [0.29, 0.717) is 21.3 Å². The van der Waals surface area contributed by atoms with Gasteiger partial charge >= 0.3 is 0 Å². The average molecular weight is 407 g/mol. The number of rotatable bonds is 3. The fraction of sp³-hybridized carbons (Fsp3) is 0.0435. The van der Waals surface area contributed by atoms with Crippen LogP contribution in [0.3, 0.4) is 0 Å². The molecule has 0 saturated carbocycles.